The summed E-state index contributed by atoms with van der Waals surface area (Å²) in [7, 11) is 0. The van der Waals surface area contributed by atoms with E-state index in [1.54, 1.807) is 41.6 Å². The molecule has 0 bridgehead atoms. The van der Waals surface area contributed by atoms with Gasteiger partial charge in [0.05, 0.1) is 11.3 Å². The second-order valence-electron chi connectivity index (χ2n) is 13.5. The fourth-order valence-electron chi connectivity index (χ4n) is 6.20. The van der Waals surface area contributed by atoms with Crippen molar-refractivity contribution in [3.63, 3.8) is 0 Å². The summed E-state index contributed by atoms with van der Waals surface area (Å²) in [5.74, 6) is -2.66. The average molecular weight is 659 g/mol. The molecule has 252 valence electrons. The average Bonchev–Trinajstić information content (AvgIpc) is 3.42. The topological polar surface area (TPSA) is 119 Å². The van der Waals surface area contributed by atoms with Crippen LogP contribution in [0.4, 0.5) is 25.2 Å². The molecule has 2 N–H and O–H groups in total. The smallest absolute Gasteiger partial charge is 0.410 e. The Bertz CT molecular complexity index is 1830. The minimum atomic E-state index is -2.81. The lowest BCUT2D eigenvalue weighted by molar-refractivity contribution is -0.120. The highest BCUT2D eigenvalue weighted by molar-refractivity contribution is 6.05. The van der Waals surface area contributed by atoms with Crippen molar-refractivity contribution in [2.24, 2.45) is 5.92 Å². The van der Waals surface area contributed by atoms with Gasteiger partial charge in [-0.1, -0.05) is 24.3 Å². The van der Waals surface area contributed by atoms with Crippen LogP contribution < -0.4 is 15.4 Å². The molecule has 1 aliphatic heterocycles. The Hall–Kier alpha value is -4.87. The number of ether oxygens (including phenoxy) is 2. The van der Waals surface area contributed by atoms with Crippen molar-refractivity contribution in [2.75, 3.05) is 23.7 Å². The molecule has 1 saturated heterocycles. The van der Waals surface area contributed by atoms with Gasteiger partial charge in [-0.15, -0.1) is 0 Å². The van der Waals surface area contributed by atoms with Gasteiger partial charge in [-0.2, -0.15) is 0 Å². The number of carbonyl (C=O) groups excluding carboxylic acids is 2. The molecule has 1 unspecified atom stereocenters. The summed E-state index contributed by atoms with van der Waals surface area (Å²) < 4.78 is 39.6. The van der Waals surface area contributed by atoms with Gasteiger partial charge in [-0.05, 0) is 76.8 Å². The quantitative estimate of drug-likeness (QED) is 0.205. The SMILES string of the molecule is Cc1ccc2c(NC(=O)C3CCC(F)(F)C3)cccc2c1Oc1ncccc1-c1ccnc(N[C@H]2CCCN(C(=O)OC(C)(C)C)C2)n1. The number of benzene rings is 2. The third kappa shape index (κ3) is 7.64. The maximum Gasteiger partial charge on any atom is 0.410 e. The van der Waals surface area contributed by atoms with Crippen LogP contribution in [-0.2, 0) is 9.53 Å². The fraction of sp³-hybridized carbons (Fsp3) is 0.417. The van der Waals surface area contributed by atoms with E-state index in [0.717, 1.165) is 29.2 Å². The first-order valence-electron chi connectivity index (χ1n) is 16.3. The van der Waals surface area contributed by atoms with Crippen LogP contribution in [0.2, 0.25) is 0 Å². The largest absolute Gasteiger partial charge is 0.444 e. The van der Waals surface area contributed by atoms with Crippen LogP contribution in [0, 0.1) is 12.8 Å². The number of hydrogen-bond donors (Lipinski definition) is 2. The van der Waals surface area contributed by atoms with Crippen LogP contribution >= 0.6 is 0 Å². The molecule has 1 saturated carbocycles. The van der Waals surface area contributed by atoms with E-state index in [0.29, 0.717) is 47.6 Å². The van der Waals surface area contributed by atoms with Crippen molar-refractivity contribution < 1.29 is 27.8 Å². The Morgan fingerprint density at radius 3 is 2.60 bits per heavy atom. The first kappa shape index (κ1) is 33.0. The molecule has 3 heterocycles. The Morgan fingerprint density at radius 1 is 1.00 bits per heavy atom. The van der Waals surface area contributed by atoms with Crippen LogP contribution in [0.3, 0.4) is 0 Å². The number of fused-ring (bicyclic) bond motifs is 1. The third-order valence-corrected chi connectivity index (χ3v) is 8.55. The number of carbonyl (C=O) groups is 2. The maximum absolute atomic E-state index is 13.8. The zero-order valence-electron chi connectivity index (χ0n) is 27.6. The molecule has 6 rings (SSSR count). The number of rotatable bonds is 7. The molecule has 2 aliphatic rings. The van der Waals surface area contributed by atoms with Crippen molar-refractivity contribution in [1.82, 2.24) is 19.9 Å². The number of amides is 2. The number of halogens is 2. The predicted octanol–water partition coefficient (Wildman–Crippen LogP) is 7.98. The highest BCUT2D eigenvalue weighted by Crippen LogP contribution is 2.41. The van der Waals surface area contributed by atoms with Crippen molar-refractivity contribution in [1.29, 1.82) is 0 Å². The number of nitrogens with zero attached hydrogens (tertiary/aromatic N) is 4. The second kappa shape index (κ2) is 13.3. The van der Waals surface area contributed by atoms with Crippen molar-refractivity contribution in [2.45, 2.75) is 77.4 Å². The minimum Gasteiger partial charge on any atom is -0.444 e. The summed E-state index contributed by atoms with van der Waals surface area (Å²) in [6, 6.07) is 14.6. The molecule has 0 radical (unpaired) electrons. The zero-order valence-corrected chi connectivity index (χ0v) is 27.6. The highest BCUT2D eigenvalue weighted by atomic mass is 19.3. The van der Waals surface area contributed by atoms with Crippen LogP contribution in [0.25, 0.3) is 22.0 Å². The zero-order chi connectivity index (χ0) is 34.1. The number of pyridine rings is 1. The number of likely N-dealkylation sites (tertiary alicyclic amines) is 1. The molecular formula is C36H40F2N6O4. The number of alkyl halides is 2. The van der Waals surface area contributed by atoms with Crippen molar-refractivity contribution in [3.05, 3.63) is 66.5 Å². The van der Waals surface area contributed by atoms with Gasteiger partial charge >= 0.3 is 6.09 Å². The number of hydrogen-bond acceptors (Lipinski definition) is 8. The Balaban J connectivity index is 1.22. The molecule has 4 aromatic rings. The van der Waals surface area contributed by atoms with Gasteiger partial charge < -0.3 is 25.0 Å². The first-order chi connectivity index (χ1) is 22.8. The van der Waals surface area contributed by atoms with E-state index in [1.807, 2.05) is 52.0 Å². The van der Waals surface area contributed by atoms with Gasteiger partial charge in [0.2, 0.25) is 23.7 Å². The minimum absolute atomic E-state index is 0.0516. The molecule has 48 heavy (non-hydrogen) atoms. The molecular weight excluding hydrogens is 618 g/mol. The van der Waals surface area contributed by atoms with Gasteiger partial charge in [-0.25, -0.2) is 28.5 Å². The number of anilines is 2. The summed E-state index contributed by atoms with van der Waals surface area (Å²) in [6.45, 7) is 8.57. The fourth-order valence-corrected chi connectivity index (χ4v) is 6.20. The summed E-state index contributed by atoms with van der Waals surface area (Å²) in [5.41, 5.74) is 2.03. The maximum atomic E-state index is 13.8. The molecule has 2 amide bonds. The van der Waals surface area contributed by atoms with Crippen molar-refractivity contribution >= 4 is 34.4 Å². The van der Waals surface area contributed by atoms with E-state index in [2.05, 4.69) is 20.6 Å². The number of aryl methyl sites for hydroxylation is 1. The normalized spacial score (nSPS) is 19.2. The Kier molecular flexibility index (Phi) is 9.18. The molecule has 2 fully saturated rings. The highest BCUT2D eigenvalue weighted by Gasteiger charge is 2.42. The summed E-state index contributed by atoms with van der Waals surface area (Å²) in [5, 5.41) is 7.71. The first-order valence-corrected chi connectivity index (χ1v) is 16.3. The van der Waals surface area contributed by atoms with E-state index >= 15 is 0 Å². The van der Waals surface area contributed by atoms with Crippen LogP contribution in [0.1, 0.15) is 58.4 Å². The molecule has 12 heteroatoms. The van der Waals surface area contributed by atoms with E-state index in [9.17, 15) is 18.4 Å². The molecule has 10 nitrogen and oxygen atoms in total. The molecule has 2 aromatic carbocycles. The standard InChI is InChI=1S/C36H40F2N6O4/c1-22-12-13-25-26(9-5-11-28(25)42-31(45)23-14-16-36(37,38)20-23)30(22)47-32-27(10-6-17-39-32)29-15-18-40-33(43-29)41-24-8-7-19-44(21-24)34(46)48-35(2,3)4/h5-6,9-13,15,17-18,23-24H,7-8,14,16,19-21H2,1-4H3,(H,42,45)(H,40,41,43)/t23?,24-/m0/s1. The third-order valence-electron chi connectivity index (χ3n) is 8.55. The second-order valence-corrected chi connectivity index (χ2v) is 13.5. The lowest BCUT2D eigenvalue weighted by atomic mass is 10.0. The van der Waals surface area contributed by atoms with E-state index in [4.69, 9.17) is 14.5 Å². The van der Waals surface area contributed by atoms with Crippen molar-refractivity contribution in [3.8, 4) is 22.9 Å². The molecule has 1 aliphatic carbocycles. The Labute approximate surface area is 278 Å². The van der Waals surface area contributed by atoms with Gasteiger partial charge in [-0.3, -0.25) is 4.79 Å². The van der Waals surface area contributed by atoms with Gasteiger partial charge in [0.15, 0.2) is 0 Å². The number of nitrogens with one attached hydrogen (secondary N) is 2. The monoisotopic (exact) mass is 658 g/mol. The van der Waals surface area contributed by atoms with Gasteiger partial charge in [0, 0.05) is 66.7 Å². The lowest BCUT2D eigenvalue weighted by Crippen LogP contribution is -2.47. The van der Waals surface area contributed by atoms with Crippen LogP contribution in [-0.4, -0.2) is 62.5 Å². The van der Waals surface area contributed by atoms with E-state index < -0.39 is 29.8 Å². The van der Waals surface area contributed by atoms with Gasteiger partial charge in [0.25, 0.3) is 0 Å². The van der Waals surface area contributed by atoms with E-state index in [-0.39, 0.29) is 25.0 Å². The summed E-state index contributed by atoms with van der Waals surface area (Å²) in [6.07, 6.45) is 4.08. The summed E-state index contributed by atoms with van der Waals surface area (Å²) >= 11 is 0. The molecule has 0 spiro atoms. The summed E-state index contributed by atoms with van der Waals surface area (Å²) in [4.78, 5) is 41.0. The predicted molar refractivity (Wildman–Crippen MR) is 179 cm³/mol. The number of piperidine rings is 1. The molecule has 2 aromatic heterocycles. The van der Waals surface area contributed by atoms with Crippen LogP contribution in [0.15, 0.2) is 60.9 Å². The van der Waals surface area contributed by atoms with Crippen LogP contribution in [0.5, 0.6) is 11.6 Å². The van der Waals surface area contributed by atoms with E-state index in [1.165, 1.54) is 0 Å². The number of aromatic nitrogens is 3. The Morgan fingerprint density at radius 2 is 1.83 bits per heavy atom. The lowest BCUT2D eigenvalue weighted by Gasteiger charge is -2.34. The van der Waals surface area contributed by atoms with Gasteiger partial charge in [0.1, 0.15) is 11.4 Å². The molecule has 2 atom stereocenters.